The van der Waals surface area contributed by atoms with Crippen molar-refractivity contribution in [1.82, 2.24) is 15.6 Å². The highest BCUT2D eigenvalue weighted by molar-refractivity contribution is 5.79. The minimum Gasteiger partial charge on any atom is -0.444 e. The SMILES string of the molecule is CN=C(NCCCOCC1CC1)NCCc1coc(-c2ccc(F)cc2)n1. The zero-order valence-corrected chi connectivity index (χ0v) is 15.7. The van der Waals surface area contributed by atoms with E-state index in [0.29, 0.717) is 18.9 Å². The summed E-state index contributed by atoms with van der Waals surface area (Å²) in [6, 6.07) is 6.10. The van der Waals surface area contributed by atoms with Crippen LogP contribution in [0.25, 0.3) is 11.5 Å². The number of aromatic nitrogens is 1. The van der Waals surface area contributed by atoms with Gasteiger partial charge in [0.05, 0.1) is 5.69 Å². The van der Waals surface area contributed by atoms with E-state index in [1.165, 1.54) is 25.0 Å². The summed E-state index contributed by atoms with van der Waals surface area (Å²) in [5.41, 5.74) is 1.60. The van der Waals surface area contributed by atoms with Crippen molar-refractivity contribution in [3.63, 3.8) is 0 Å². The van der Waals surface area contributed by atoms with Crippen LogP contribution in [0.2, 0.25) is 0 Å². The monoisotopic (exact) mass is 374 g/mol. The van der Waals surface area contributed by atoms with Gasteiger partial charge >= 0.3 is 0 Å². The Labute approximate surface area is 159 Å². The molecule has 0 aliphatic heterocycles. The van der Waals surface area contributed by atoms with E-state index in [-0.39, 0.29) is 5.82 Å². The van der Waals surface area contributed by atoms with Gasteiger partial charge in [-0.05, 0) is 49.4 Å². The molecule has 1 aliphatic rings. The Kier molecular flexibility index (Phi) is 7.21. The second-order valence-electron chi connectivity index (χ2n) is 6.70. The van der Waals surface area contributed by atoms with Gasteiger partial charge in [-0.25, -0.2) is 9.37 Å². The standard InChI is InChI=1S/C20H27FN4O2/c1-22-20(23-10-2-12-26-13-15-3-4-15)24-11-9-18-14-27-19(25-18)16-5-7-17(21)8-6-16/h5-8,14-15H,2-4,9-13H2,1H3,(H2,22,23,24). The second-order valence-corrected chi connectivity index (χ2v) is 6.70. The predicted octanol–water partition coefficient (Wildman–Crippen LogP) is 3.00. The number of nitrogens with zero attached hydrogens (tertiary/aromatic N) is 2. The third kappa shape index (κ3) is 6.67. The molecule has 0 radical (unpaired) electrons. The highest BCUT2D eigenvalue weighted by atomic mass is 19.1. The van der Waals surface area contributed by atoms with Crippen LogP contribution >= 0.6 is 0 Å². The van der Waals surface area contributed by atoms with E-state index in [1.807, 2.05) is 0 Å². The molecule has 0 bridgehead atoms. The Bertz CT molecular complexity index is 726. The molecule has 0 saturated heterocycles. The Balaban J connectivity index is 1.32. The summed E-state index contributed by atoms with van der Waals surface area (Å²) in [5.74, 6) is 1.80. The van der Waals surface area contributed by atoms with Crippen LogP contribution in [-0.4, -0.2) is 44.3 Å². The van der Waals surface area contributed by atoms with Crippen LogP contribution in [0.5, 0.6) is 0 Å². The predicted molar refractivity (Wildman–Crippen MR) is 103 cm³/mol. The van der Waals surface area contributed by atoms with Gasteiger partial charge in [-0.2, -0.15) is 0 Å². The van der Waals surface area contributed by atoms with E-state index in [4.69, 9.17) is 9.15 Å². The number of aliphatic imine (C=N–C) groups is 1. The molecule has 27 heavy (non-hydrogen) atoms. The van der Waals surface area contributed by atoms with Gasteiger partial charge in [0.25, 0.3) is 0 Å². The lowest BCUT2D eigenvalue weighted by Crippen LogP contribution is -2.39. The molecule has 1 fully saturated rings. The van der Waals surface area contributed by atoms with Gasteiger partial charge in [-0.3, -0.25) is 4.99 Å². The highest BCUT2D eigenvalue weighted by Gasteiger charge is 2.20. The van der Waals surface area contributed by atoms with Crippen molar-refractivity contribution in [2.75, 3.05) is 33.4 Å². The van der Waals surface area contributed by atoms with Crippen LogP contribution in [0.3, 0.4) is 0 Å². The summed E-state index contributed by atoms with van der Waals surface area (Å²) in [4.78, 5) is 8.65. The van der Waals surface area contributed by atoms with Crippen LogP contribution in [0, 0.1) is 11.7 Å². The molecule has 1 heterocycles. The van der Waals surface area contributed by atoms with Gasteiger partial charge in [0.15, 0.2) is 5.96 Å². The number of hydrogen-bond donors (Lipinski definition) is 2. The molecular formula is C20H27FN4O2. The van der Waals surface area contributed by atoms with Gasteiger partial charge in [-0.1, -0.05) is 0 Å². The smallest absolute Gasteiger partial charge is 0.226 e. The largest absolute Gasteiger partial charge is 0.444 e. The van der Waals surface area contributed by atoms with Crippen LogP contribution < -0.4 is 10.6 Å². The quantitative estimate of drug-likeness (QED) is 0.380. The summed E-state index contributed by atoms with van der Waals surface area (Å²) in [6.07, 6.45) is 5.94. The molecule has 1 aromatic heterocycles. The first-order chi connectivity index (χ1) is 13.2. The Morgan fingerprint density at radius 3 is 2.78 bits per heavy atom. The average molecular weight is 374 g/mol. The third-order valence-corrected chi connectivity index (χ3v) is 4.35. The number of ether oxygens (including phenoxy) is 1. The minimum atomic E-state index is -0.275. The van der Waals surface area contributed by atoms with E-state index >= 15 is 0 Å². The Hall–Kier alpha value is -2.41. The van der Waals surface area contributed by atoms with Crippen LogP contribution in [-0.2, 0) is 11.2 Å². The minimum absolute atomic E-state index is 0.275. The molecule has 1 saturated carbocycles. The number of guanidine groups is 1. The number of benzene rings is 1. The molecule has 0 spiro atoms. The first kappa shape index (κ1) is 19.4. The van der Waals surface area contributed by atoms with E-state index in [2.05, 4.69) is 20.6 Å². The summed E-state index contributed by atoms with van der Waals surface area (Å²) >= 11 is 0. The molecule has 7 heteroatoms. The van der Waals surface area contributed by atoms with E-state index in [9.17, 15) is 4.39 Å². The fourth-order valence-electron chi connectivity index (χ4n) is 2.59. The molecular weight excluding hydrogens is 347 g/mol. The van der Waals surface area contributed by atoms with Crippen molar-refractivity contribution < 1.29 is 13.5 Å². The summed E-state index contributed by atoms with van der Waals surface area (Å²) in [5, 5.41) is 6.54. The zero-order chi connectivity index (χ0) is 18.9. The summed E-state index contributed by atoms with van der Waals surface area (Å²) in [6.45, 7) is 3.20. The molecule has 2 N–H and O–H groups in total. The number of oxazole rings is 1. The first-order valence-electron chi connectivity index (χ1n) is 9.47. The molecule has 0 amide bonds. The highest BCUT2D eigenvalue weighted by Crippen LogP contribution is 2.28. The lowest BCUT2D eigenvalue weighted by Gasteiger charge is -2.11. The van der Waals surface area contributed by atoms with Gasteiger partial charge in [0.2, 0.25) is 5.89 Å². The van der Waals surface area contributed by atoms with Crippen molar-refractivity contribution in [2.24, 2.45) is 10.9 Å². The fraction of sp³-hybridized carbons (Fsp3) is 0.500. The van der Waals surface area contributed by atoms with Gasteiger partial charge in [0, 0.05) is 45.3 Å². The number of halogens is 1. The van der Waals surface area contributed by atoms with Gasteiger partial charge < -0.3 is 19.8 Å². The fourth-order valence-corrected chi connectivity index (χ4v) is 2.59. The maximum atomic E-state index is 13.0. The molecule has 1 aliphatic carbocycles. The first-order valence-corrected chi connectivity index (χ1v) is 9.47. The number of nitrogens with one attached hydrogen (secondary N) is 2. The van der Waals surface area contributed by atoms with Crippen molar-refractivity contribution in [1.29, 1.82) is 0 Å². The van der Waals surface area contributed by atoms with Crippen molar-refractivity contribution in [3.05, 3.63) is 42.0 Å². The zero-order valence-electron chi connectivity index (χ0n) is 15.7. The number of hydrogen-bond acceptors (Lipinski definition) is 4. The van der Waals surface area contributed by atoms with E-state index in [1.54, 1.807) is 25.4 Å². The van der Waals surface area contributed by atoms with E-state index < -0.39 is 0 Å². The maximum absolute atomic E-state index is 13.0. The molecule has 0 unspecified atom stereocenters. The Morgan fingerprint density at radius 2 is 2.04 bits per heavy atom. The van der Waals surface area contributed by atoms with Gasteiger partial charge in [-0.15, -0.1) is 0 Å². The topological polar surface area (TPSA) is 71.7 Å². The lowest BCUT2D eigenvalue weighted by molar-refractivity contribution is 0.123. The lowest BCUT2D eigenvalue weighted by atomic mass is 10.2. The molecule has 146 valence electrons. The third-order valence-electron chi connectivity index (χ3n) is 4.35. The van der Waals surface area contributed by atoms with Crippen molar-refractivity contribution >= 4 is 5.96 Å². The normalized spacial score (nSPS) is 14.4. The molecule has 2 aromatic rings. The number of rotatable bonds is 10. The molecule has 6 nitrogen and oxygen atoms in total. The average Bonchev–Trinajstić information content (AvgIpc) is 3.39. The molecule has 1 aromatic carbocycles. The second kappa shape index (κ2) is 10.1. The maximum Gasteiger partial charge on any atom is 0.226 e. The van der Waals surface area contributed by atoms with Crippen LogP contribution in [0.1, 0.15) is 25.0 Å². The Morgan fingerprint density at radius 1 is 1.26 bits per heavy atom. The molecule has 3 rings (SSSR count). The van der Waals surface area contributed by atoms with Gasteiger partial charge in [0.1, 0.15) is 12.1 Å². The summed E-state index contributed by atoms with van der Waals surface area (Å²) < 4.78 is 24.1. The molecule has 0 atom stereocenters. The van der Waals surface area contributed by atoms with E-state index in [0.717, 1.165) is 49.3 Å². The van der Waals surface area contributed by atoms with Crippen LogP contribution in [0.15, 0.2) is 39.9 Å². The van der Waals surface area contributed by atoms with Crippen LogP contribution in [0.4, 0.5) is 4.39 Å². The van der Waals surface area contributed by atoms with Crippen molar-refractivity contribution in [2.45, 2.75) is 25.7 Å². The summed E-state index contributed by atoms with van der Waals surface area (Å²) in [7, 11) is 1.75. The van der Waals surface area contributed by atoms with Crippen molar-refractivity contribution in [3.8, 4) is 11.5 Å².